The third kappa shape index (κ3) is 8.12. The Labute approximate surface area is 221 Å². The van der Waals surface area contributed by atoms with Crippen molar-refractivity contribution in [3.05, 3.63) is 95.1 Å². The molecule has 1 fully saturated rings. The van der Waals surface area contributed by atoms with Crippen LogP contribution in [0.15, 0.2) is 66.8 Å². The van der Waals surface area contributed by atoms with E-state index in [9.17, 15) is 23.5 Å². The number of nitrogens with two attached hydrogens (primary N) is 1. The van der Waals surface area contributed by atoms with Gasteiger partial charge in [0.15, 0.2) is 0 Å². The minimum absolute atomic E-state index is 0.0138. The van der Waals surface area contributed by atoms with Crippen LogP contribution in [0.3, 0.4) is 0 Å². The first-order valence-electron chi connectivity index (χ1n) is 12.3. The summed E-state index contributed by atoms with van der Waals surface area (Å²) in [6, 6.07) is 8.16. The molecular formula is C28H34F2N4O4. The van der Waals surface area contributed by atoms with E-state index in [1.165, 1.54) is 29.4 Å². The van der Waals surface area contributed by atoms with E-state index < -0.39 is 29.7 Å². The molecule has 204 valence electrons. The molecule has 0 aromatic heterocycles. The number of allylic oxidation sites excluding steroid dienone is 1. The van der Waals surface area contributed by atoms with Gasteiger partial charge >= 0.3 is 0 Å². The number of carbonyl (C=O) groups is 2. The smallest absolute Gasteiger partial charge is 0.254 e. The number of rotatable bonds is 11. The molecule has 3 rings (SSSR count). The third-order valence-corrected chi connectivity index (χ3v) is 6.16. The Bertz CT molecular complexity index is 1170. The van der Waals surface area contributed by atoms with Gasteiger partial charge in [0.1, 0.15) is 23.7 Å². The van der Waals surface area contributed by atoms with E-state index in [-0.39, 0.29) is 36.0 Å². The Morgan fingerprint density at radius 3 is 2.58 bits per heavy atom. The van der Waals surface area contributed by atoms with E-state index in [0.29, 0.717) is 23.4 Å². The first kappa shape index (κ1) is 28.8. The van der Waals surface area contributed by atoms with Gasteiger partial charge in [0.25, 0.3) is 11.8 Å². The molecule has 38 heavy (non-hydrogen) atoms. The van der Waals surface area contributed by atoms with E-state index in [2.05, 4.69) is 17.2 Å². The van der Waals surface area contributed by atoms with Gasteiger partial charge in [-0.15, -0.1) is 0 Å². The maximum absolute atomic E-state index is 13.8. The second kappa shape index (κ2) is 13.2. The maximum Gasteiger partial charge on any atom is 0.254 e. The number of nitrogens with one attached hydrogen (secondary N) is 2. The molecule has 2 aromatic rings. The second-order valence-electron chi connectivity index (χ2n) is 9.52. The highest BCUT2D eigenvalue weighted by atomic mass is 19.1. The molecule has 5 N–H and O–H groups in total. The zero-order valence-electron chi connectivity index (χ0n) is 21.5. The molecule has 0 radical (unpaired) electrons. The van der Waals surface area contributed by atoms with Crippen molar-refractivity contribution in [2.75, 3.05) is 20.1 Å². The number of ether oxygens (including phenoxy) is 1. The van der Waals surface area contributed by atoms with Crippen molar-refractivity contribution >= 4 is 11.8 Å². The Hall–Kier alpha value is -3.76. The predicted octanol–water partition coefficient (Wildman–Crippen LogP) is 2.84. The van der Waals surface area contributed by atoms with Crippen LogP contribution < -0.4 is 16.4 Å². The molecule has 1 aliphatic rings. The van der Waals surface area contributed by atoms with Crippen molar-refractivity contribution in [3.63, 3.8) is 0 Å². The summed E-state index contributed by atoms with van der Waals surface area (Å²) in [4.78, 5) is 27.5. The number of carbonyl (C=O) groups excluding carboxylic acids is 2. The van der Waals surface area contributed by atoms with Crippen molar-refractivity contribution in [3.8, 4) is 0 Å². The summed E-state index contributed by atoms with van der Waals surface area (Å²) in [5, 5.41) is 17.0. The molecule has 1 aliphatic heterocycles. The van der Waals surface area contributed by atoms with E-state index >= 15 is 0 Å². The lowest BCUT2D eigenvalue weighted by molar-refractivity contribution is 0.0737. The zero-order valence-corrected chi connectivity index (χ0v) is 21.5. The van der Waals surface area contributed by atoms with Gasteiger partial charge in [-0.05, 0) is 68.6 Å². The SMILES string of the molecule is C=C(CN(C)C(=O)c1cccc(C(=O)N[C@@H](Cc2cc(F)cc(F)c2)[C@H](O)[C@H]2CCCN2)c1)O/C=C(/C)N. The number of amides is 2. The van der Waals surface area contributed by atoms with Crippen LogP contribution in [0.2, 0.25) is 0 Å². The number of halogens is 2. The molecule has 1 heterocycles. The number of benzene rings is 2. The van der Waals surface area contributed by atoms with Gasteiger partial charge in [-0.3, -0.25) is 9.59 Å². The summed E-state index contributed by atoms with van der Waals surface area (Å²) < 4.78 is 32.9. The molecule has 0 saturated carbocycles. The van der Waals surface area contributed by atoms with E-state index in [4.69, 9.17) is 10.5 Å². The van der Waals surface area contributed by atoms with Crippen LogP contribution in [-0.2, 0) is 11.2 Å². The van der Waals surface area contributed by atoms with Crippen LogP contribution >= 0.6 is 0 Å². The van der Waals surface area contributed by atoms with Gasteiger partial charge in [0.2, 0.25) is 0 Å². The van der Waals surface area contributed by atoms with Gasteiger partial charge in [0.05, 0.1) is 18.7 Å². The predicted molar refractivity (Wildman–Crippen MR) is 140 cm³/mol. The monoisotopic (exact) mass is 528 g/mol. The normalized spacial score (nSPS) is 17.0. The number of nitrogens with zero attached hydrogens (tertiary/aromatic N) is 1. The topological polar surface area (TPSA) is 117 Å². The zero-order chi connectivity index (χ0) is 27.8. The number of aliphatic hydroxyl groups excluding tert-OH is 1. The summed E-state index contributed by atoms with van der Waals surface area (Å²) in [6.07, 6.45) is 1.92. The van der Waals surface area contributed by atoms with E-state index in [0.717, 1.165) is 19.0 Å². The van der Waals surface area contributed by atoms with Gasteiger partial charge in [-0.25, -0.2) is 8.78 Å². The number of aliphatic hydroxyl groups is 1. The molecule has 0 unspecified atom stereocenters. The Kier molecular flexibility index (Phi) is 9.98. The Morgan fingerprint density at radius 1 is 1.26 bits per heavy atom. The fourth-order valence-electron chi connectivity index (χ4n) is 4.34. The molecule has 2 aromatic carbocycles. The fourth-order valence-corrected chi connectivity index (χ4v) is 4.34. The molecular weight excluding hydrogens is 494 g/mol. The molecule has 10 heteroatoms. The quantitative estimate of drug-likeness (QED) is 0.334. The third-order valence-electron chi connectivity index (χ3n) is 6.16. The number of hydrogen-bond acceptors (Lipinski definition) is 6. The lowest BCUT2D eigenvalue weighted by atomic mass is 9.95. The molecule has 2 amide bonds. The van der Waals surface area contributed by atoms with Crippen LogP contribution in [0.1, 0.15) is 46.0 Å². The average molecular weight is 529 g/mol. The minimum atomic E-state index is -0.999. The Morgan fingerprint density at radius 2 is 1.95 bits per heavy atom. The van der Waals surface area contributed by atoms with Crippen LogP contribution in [0.5, 0.6) is 0 Å². The summed E-state index contributed by atoms with van der Waals surface area (Å²) in [7, 11) is 1.57. The molecule has 0 bridgehead atoms. The Balaban J connectivity index is 1.75. The molecule has 8 nitrogen and oxygen atoms in total. The van der Waals surface area contributed by atoms with E-state index in [1.54, 1.807) is 32.2 Å². The highest BCUT2D eigenvalue weighted by molar-refractivity contribution is 5.99. The van der Waals surface area contributed by atoms with Crippen molar-refractivity contribution in [1.29, 1.82) is 0 Å². The van der Waals surface area contributed by atoms with Crippen molar-refractivity contribution in [2.24, 2.45) is 5.73 Å². The van der Waals surface area contributed by atoms with Crippen LogP contribution in [0, 0.1) is 11.6 Å². The first-order valence-corrected chi connectivity index (χ1v) is 12.3. The maximum atomic E-state index is 13.8. The van der Waals surface area contributed by atoms with Gasteiger partial charge < -0.3 is 31.1 Å². The molecule has 0 spiro atoms. The first-order chi connectivity index (χ1) is 18.0. The standard InChI is InChI=1S/C28H34F2N4O4/c1-17(31)16-38-18(2)15-34(3)28(37)21-7-4-6-20(13-21)27(36)33-25(26(35)24-8-5-9-32-24)12-19-10-22(29)14-23(30)11-19/h4,6-7,10-11,13-14,16,24-26,32,35H,2,5,8-9,12,15,31H2,1,3H3,(H,33,36)/b17-16-/t24-,25+,26-/m1/s1. The lowest BCUT2D eigenvalue weighted by Crippen LogP contribution is -2.52. The highest BCUT2D eigenvalue weighted by Gasteiger charge is 2.31. The van der Waals surface area contributed by atoms with Gasteiger partial charge in [-0.1, -0.05) is 12.6 Å². The summed E-state index contributed by atoms with van der Waals surface area (Å²) in [6.45, 7) is 6.25. The fraction of sp³-hybridized carbons (Fsp3) is 0.357. The highest BCUT2D eigenvalue weighted by Crippen LogP contribution is 2.18. The summed E-state index contributed by atoms with van der Waals surface area (Å²) >= 11 is 0. The largest absolute Gasteiger partial charge is 0.466 e. The van der Waals surface area contributed by atoms with Crippen LogP contribution in [0.4, 0.5) is 8.78 Å². The molecule has 0 aliphatic carbocycles. The number of hydrogen-bond donors (Lipinski definition) is 4. The van der Waals surface area contributed by atoms with Crippen molar-refractivity contribution in [2.45, 2.75) is 44.4 Å². The lowest BCUT2D eigenvalue weighted by Gasteiger charge is -2.29. The molecule has 1 saturated heterocycles. The van der Waals surface area contributed by atoms with Crippen LogP contribution in [-0.4, -0.2) is 60.1 Å². The summed E-state index contributed by atoms with van der Waals surface area (Å²) in [5.41, 5.74) is 6.75. The van der Waals surface area contributed by atoms with Gasteiger partial charge in [-0.2, -0.15) is 0 Å². The van der Waals surface area contributed by atoms with Crippen LogP contribution in [0.25, 0.3) is 0 Å². The number of likely N-dealkylation sites (N-methyl/N-ethyl adjacent to an activating group) is 1. The summed E-state index contributed by atoms with van der Waals surface area (Å²) in [5.74, 6) is -2.06. The van der Waals surface area contributed by atoms with Gasteiger partial charge in [0, 0.05) is 36.0 Å². The minimum Gasteiger partial charge on any atom is -0.466 e. The molecule has 3 atom stereocenters. The average Bonchev–Trinajstić information content (AvgIpc) is 3.40. The van der Waals surface area contributed by atoms with Crippen molar-refractivity contribution < 1.29 is 28.2 Å². The van der Waals surface area contributed by atoms with E-state index in [1.807, 2.05) is 0 Å². The second-order valence-corrected chi connectivity index (χ2v) is 9.52. The van der Waals surface area contributed by atoms with Crippen molar-refractivity contribution in [1.82, 2.24) is 15.5 Å².